The predicted octanol–water partition coefficient (Wildman–Crippen LogP) is 1.30. The Morgan fingerprint density at radius 3 is 2.89 bits per heavy atom. The fourth-order valence-electron chi connectivity index (χ4n) is 2.37. The predicted molar refractivity (Wildman–Crippen MR) is 71.5 cm³/mol. The van der Waals surface area contributed by atoms with Crippen LogP contribution in [0.25, 0.3) is 0 Å². The van der Waals surface area contributed by atoms with Crippen LogP contribution in [0.15, 0.2) is 24.3 Å². The smallest absolute Gasteiger partial charge is 0.243 e. The van der Waals surface area contributed by atoms with Gasteiger partial charge in [-0.2, -0.15) is 0 Å². The molecule has 0 aromatic heterocycles. The van der Waals surface area contributed by atoms with Crippen molar-refractivity contribution in [3.63, 3.8) is 0 Å². The first kappa shape index (κ1) is 12.9. The Kier molecular flexibility index (Phi) is 3.87. The van der Waals surface area contributed by atoms with E-state index in [4.69, 9.17) is 0 Å². The van der Waals surface area contributed by atoms with Crippen LogP contribution in [0, 0.1) is 0 Å². The molecule has 0 aliphatic carbocycles. The van der Waals surface area contributed by atoms with E-state index in [0.717, 1.165) is 12.1 Å². The van der Waals surface area contributed by atoms with Crippen LogP contribution in [-0.4, -0.2) is 29.2 Å². The number of rotatable bonds is 4. The maximum Gasteiger partial charge on any atom is 0.243 e. The van der Waals surface area contributed by atoms with Crippen molar-refractivity contribution in [1.82, 2.24) is 5.32 Å². The number of aliphatic hydroxyl groups excluding tert-OH is 1. The molecule has 0 fully saturated rings. The highest BCUT2D eigenvalue weighted by molar-refractivity contribution is 5.87. The molecule has 4 heteroatoms. The lowest BCUT2D eigenvalue weighted by Gasteiger charge is -2.18. The van der Waals surface area contributed by atoms with Gasteiger partial charge in [-0.25, -0.2) is 0 Å². The van der Waals surface area contributed by atoms with E-state index in [1.807, 2.05) is 31.2 Å². The van der Waals surface area contributed by atoms with Crippen molar-refractivity contribution < 1.29 is 9.90 Å². The summed E-state index contributed by atoms with van der Waals surface area (Å²) in [6.45, 7) is 3.64. The Labute approximate surface area is 107 Å². The second-order valence-corrected chi connectivity index (χ2v) is 5.05. The minimum Gasteiger partial charge on any atom is -0.393 e. The zero-order chi connectivity index (χ0) is 13.1. The molecule has 0 saturated heterocycles. The van der Waals surface area contributed by atoms with Gasteiger partial charge in [-0.15, -0.1) is 0 Å². The number of amides is 1. The average Bonchev–Trinajstić information content (AvgIpc) is 2.71. The van der Waals surface area contributed by atoms with Crippen LogP contribution in [0.3, 0.4) is 0 Å². The van der Waals surface area contributed by atoms with Crippen molar-refractivity contribution in [3.8, 4) is 0 Å². The maximum absolute atomic E-state index is 12.1. The first-order valence-corrected chi connectivity index (χ1v) is 6.39. The van der Waals surface area contributed by atoms with Gasteiger partial charge in [0.25, 0.3) is 0 Å². The lowest BCUT2D eigenvalue weighted by Crippen LogP contribution is -2.43. The van der Waals surface area contributed by atoms with E-state index >= 15 is 0 Å². The van der Waals surface area contributed by atoms with E-state index in [1.54, 1.807) is 6.92 Å². The molecule has 1 aromatic rings. The van der Waals surface area contributed by atoms with Gasteiger partial charge in [0.05, 0.1) is 6.10 Å². The number of aliphatic hydroxyl groups is 1. The topological polar surface area (TPSA) is 61.4 Å². The summed E-state index contributed by atoms with van der Waals surface area (Å²) in [5, 5.41) is 15.4. The largest absolute Gasteiger partial charge is 0.393 e. The van der Waals surface area contributed by atoms with Crippen molar-refractivity contribution >= 4 is 11.6 Å². The van der Waals surface area contributed by atoms with E-state index < -0.39 is 6.10 Å². The number of hydrogen-bond acceptors (Lipinski definition) is 3. The van der Waals surface area contributed by atoms with Crippen LogP contribution in [0.1, 0.15) is 25.8 Å². The lowest BCUT2D eigenvalue weighted by atomic mass is 10.1. The molecule has 0 saturated carbocycles. The van der Waals surface area contributed by atoms with Gasteiger partial charge in [0, 0.05) is 18.2 Å². The number of anilines is 1. The van der Waals surface area contributed by atoms with Gasteiger partial charge in [-0.1, -0.05) is 18.2 Å². The standard InChI is InChI=1S/C14H20N2O2/c1-9(7-10(2)17)15-14(18)13-8-11-5-3-4-6-12(11)16-13/h3-6,9-10,13,16-17H,7-8H2,1-2H3,(H,15,18)/t9?,10?,13-/m0/s1. The molecule has 1 aliphatic rings. The summed E-state index contributed by atoms with van der Waals surface area (Å²) in [4.78, 5) is 12.1. The normalized spacial score (nSPS) is 20.7. The van der Waals surface area contributed by atoms with E-state index in [9.17, 15) is 9.90 Å². The second-order valence-electron chi connectivity index (χ2n) is 5.05. The van der Waals surface area contributed by atoms with Gasteiger partial charge in [0.15, 0.2) is 0 Å². The third-order valence-electron chi connectivity index (χ3n) is 3.17. The first-order valence-electron chi connectivity index (χ1n) is 6.39. The molecule has 1 amide bonds. The fraction of sp³-hybridized carbons (Fsp3) is 0.500. The lowest BCUT2D eigenvalue weighted by molar-refractivity contribution is -0.122. The quantitative estimate of drug-likeness (QED) is 0.752. The van der Waals surface area contributed by atoms with E-state index in [1.165, 1.54) is 5.56 Å². The Hall–Kier alpha value is -1.55. The first-order chi connectivity index (χ1) is 8.56. The van der Waals surface area contributed by atoms with E-state index in [-0.39, 0.29) is 18.0 Å². The summed E-state index contributed by atoms with van der Waals surface area (Å²) in [6.07, 6.45) is 0.906. The highest BCUT2D eigenvalue weighted by Crippen LogP contribution is 2.25. The average molecular weight is 248 g/mol. The zero-order valence-corrected chi connectivity index (χ0v) is 10.8. The number of para-hydroxylation sites is 1. The molecule has 98 valence electrons. The highest BCUT2D eigenvalue weighted by atomic mass is 16.3. The molecule has 2 unspecified atom stereocenters. The number of benzene rings is 1. The molecule has 1 aromatic carbocycles. The number of carbonyl (C=O) groups excluding carboxylic acids is 1. The molecule has 1 heterocycles. The number of carbonyl (C=O) groups is 1. The summed E-state index contributed by atoms with van der Waals surface area (Å²) in [7, 11) is 0. The zero-order valence-electron chi connectivity index (χ0n) is 10.8. The summed E-state index contributed by atoms with van der Waals surface area (Å²) in [5.74, 6) is -0.000602. The third-order valence-corrected chi connectivity index (χ3v) is 3.17. The van der Waals surface area contributed by atoms with Crippen LogP contribution in [-0.2, 0) is 11.2 Å². The number of nitrogens with one attached hydrogen (secondary N) is 2. The SMILES string of the molecule is CC(O)CC(C)NC(=O)[C@@H]1Cc2ccccc2N1. The van der Waals surface area contributed by atoms with Gasteiger partial charge in [-0.3, -0.25) is 4.79 Å². The monoisotopic (exact) mass is 248 g/mol. The molecule has 3 N–H and O–H groups in total. The van der Waals surface area contributed by atoms with Crippen molar-refractivity contribution in [2.45, 2.75) is 44.9 Å². The Balaban J connectivity index is 1.89. The Morgan fingerprint density at radius 2 is 2.22 bits per heavy atom. The van der Waals surface area contributed by atoms with E-state index in [0.29, 0.717) is 6.42 Å². The van der Waals surface area contributed by atoms with Gasteiger partial charge in [0.2, 0.25) is 5.91 Å². The molecule has 0 spiro atoms. The summed E-state index contributed by atoms with van der Waals surface area (Å²) >= 11 is 0. The van der Waals surface area contributed by atoms with Crippen LogP contribution < -0.4 is 10.6 Å². The van der Waals surface area contributed by atoms with Gasteiger partial charge >= 0.3 is 0 Å². The molecule has 1 aliphatic heterocycles. The second kappa shape index (κ2) is 5.40. The maximum atomic E-state index is 12.1. The Morgan fingerprint density at radius 1 is 1.50 bits per heavy atom. The third kappa shape index (κ3) is 3.01. The molecule has 4 nitrogen and oxygen atoms in total. The minimum absolute atomic E-state index is 0.000602. The van der Waals surface area contributed by atoms with Gasteiger partial charge < -0.3 is 15.7 Å². The van der Waals surface area contributed by atoms with Crippen molar-refractivity contribution in [2.24, 2.45) is 0 Å². The summed E-state index contributed by atoms with van der Waals surface area (Å²) in [5.41, 5.74) is 2.22. The molecule has 3 atom stereocenters. The van der Waals surface area contributed by atoms with Crippen LogP contribution in [0.4, 0.5) is 5.69 Å². The van der Waals surface area contributed by atoms with Crippen molar-refractivity contribution in [3.05, 3.63) is 29.8 Å². The van der Waals surface area contributed by atoms with Crippen LogP contribution in [0.2, 0.25) is 0 Å². The summed E-state index contributed by atoms with van der Waals surface area (Å²) in [6, 6.07) is 7.76. The van der Waals surface area contributed by atoms with Crippen LogP contribution >= 0.6 is 0 Å². The molecular weight excluding hydrogens is 228 g/mol. The molecule has 0 radical (unpaired) electrons. The van der Waals surface area contributed by atoms with Crippen molar-refractivity contribution in [1.29, 1.82) is 0 Å². The fourth-order valence-corrected chi connectivity index (χ4v) is 2.37. The minimum atomic E-state index is -0.394. The molecule has 2 rings (SSSR count). The van der Waals surface area contributed by atoms with Crippen molar-refractivity contribution in [2.75, 3.05) is 5.32 Å². The molecular formula is C14H20N2O2. The highest BCUT2D eigenvalue weighted by Gasteiger charge is 2.27. The molecule has 18 heavy (non-hydrogen) atoms. The summed E-state index contributed by atoms with van der Waals surface area (Å²) < 4.78 is 0. The number of hydrogen-bond donors (Lipinski definition) is 3. The molecule has 0 bridgehead atoms. The van der Waals surface area contributed by atoms with Crippen LogP contribution in [0.5, 0.6) is 0 Å². The van der Waals surface area contributed by atoms with Gasteiger partial charge in [0.1, 0.15) is 6.04 Å². The number of fused-ring (bicyclic) bond motifs is 1. The Bertz CT molecular complexity index is 407. The van der Waals surface area contributed by atoms with Gasteiger partial charge in [-0.05, 0) is 31.9 Å². The van der Waals surface area contributed by atoms with E-state index in [2.05, 4.69) is 10.6 Å².